The van der Waals surface area contributed by atoms with E-state index in [-0.39, 0.29) is 21.6 Å². The summed E-state index contributed by atoms with van der Waals surface area (Å²) >= 11 is 5.82. The van der Waals surface area contributed by atoms with Crippen molar-refractivity contribution in [2.24, 2.45) is 0 Å². The number of nitrogen functional groups attached to an aromatic ring is 1. The van der Waals surface area contributed by atoms with E-state index in [2.05, 4.69) is 4.72 Å². The molecule has 0 radical (unpaired) electrons. The van der Waals surface area contributed by atoms with Crippen molar-refractivity contribution in [3.8, 4) is 0 Å². The molecule has 3 N–H and O–H groups in total. The van der Waals surface area contributed by atoms with E-state index in [0.717, 1.165) is 50.7 Å². The highest BCUT2D eigenvalue weighted by molar-refractivity contribution is 7.89. The first kappa shape index (κ1) is 15.5. The first-order chi connectivity index (χ1) is 9.40. The minimum Gasteiger partial charge on any atom is -0.396 e. The van der Waals surface area contributed by atoms with Crippen LogP contribution < -0.4 is 10.5 Å². The molecule has 1 aliphatic rings. The predicted octanol–water partition coefficient (Wildman–Crippen LogP) is 3.06. The molecule has 4 nitrogen and oxygen atoms in total. The molecular formula is C13H18ClFN2O2S. The SMILES string of the molecule is Nc1cc(S(=O)(=O)NC2CCCCCC2)c(Cl)cc1F. The quantitative estimate of drug-likeness (QED) is 0.664. The van der Waals surface area contributed by atoms with Gasteiger partial charge in [-0.3, -0.25) is 0 Å². The lowest BCUT2D eigenvalue weighted by atomic mass is 10.1. The van der Waals surface area contributed by atoms with Crippen molar-refractivity contribution in [3.05, 3.63) is 23.0 Å². The van der Waals surface area contributed by atoms with Crippen LogP contribution in [0.4, 0.5) is 10.1 Å². The third-order valence-electron chi connectivity index (χ3n) is 3.52. The monoisotopic (exact) mass is 320 g/mol. The highest BCUT2D eigenvalue weighted by Crippen LogP contribution is 2.27. The summed E-state index contributed by atoms with van der Waals surface area (Å²) in [6.07, 6.45) is 5.89. The molecule has 0 bridgehead atoms. The lowest BCUT2D eigenvalue weighted by Gasteiger charge is -2.17. The van der Waals surface area contributed by atoms with Crippen LogP contribution in [-0.2, 0) is 10.0 Å². The molecule has 0 saturated heterocycles. The lowest BCUT2D eigenvalue weighted by Crippen LogP contribution is -2.34. The smallest absolute Gasteiger partial charge is 0.242 e. The van der Waals surface area contributed by atoms with Crippen LogP contribution in [0.5, 0.6) is 0 Å². The first-order valence-electron chi connectivity index (χ1n) is 6.67. The Hall–Kier alpha value is -0.850. The van der Waals surface area contributed by atoms with E-state index in [9.17, 15) is 12.8 Å². The van der Waals surface area contributed by atoms with Crippen LogP contribution in [0.2, 0.25) is 5.02 Å². The van der Waals surface area contributed by atoms with Gasteiger partial charge in [0.15, 0.2) is 0 Å². The van der Waals surface area contributed by atoms with Crippen molar-refractivity contribution >= 4 is 27.3 Å². The molecule has 1 aromatic rings. The lowest BCUT2D eigenvalue weighted by molar-refractivity contribution is 0.510. The van der Waals surface area contributed by atoms with Gasteiger partial charge in [-0.15, -0.1) is 0 Å². The summed E-state index contributed by atoms with van der Waals surface area (Å²) in [5.74, 6) is -0.719. The van der Waals surface area contributed by atoms with Crippen LogP contribution in [0.1, 0.15) is 38.5 Å². The van der Waals surface area contributed by atoms with Crippen LogP contribution in [0.15, 0.2) is 17.0 Å². The van der Waals surface area contributed by atoms with Crippen molar-refractivity contribution in [2.75, 3.05) is 5.73 Å². The average Bonchev–Trinajstić information content (AvgIpc) is 2.61. The molecule has 0 amide bonds. The normalized spacial score (nSPS) is 17.9. The second-order valence-electron chi connectivity index (χ2n) is 5.11. The van der Waals surface area contributed by atoms with E-state index >= 15 is 0 Å². The Balaban J connectivity index is 2.23. The van der Waals surface area contributed by atoms with Crippen molar-refractivity contribution in [3.63, 3.8) is 0 Å². The fourth-order valence-electron chi connectivity index (χ4n) is 2.43. The number of hydrogen-bond acceptors (Lipinski definition) is 3. The number of hydrogen-bond donors (Lipinski definition) is 2. The maximum atomic E-state index is 13.2. The third kappa shape index (κ3) is 3.62. The Labute approximate surface area is 123 Å². The second-order valence-corrected chi connectivity index (χ2v) is 7.20. The van der Waals surface area contributed by atoms with Crippen molar-refractivity contribution in [2.45, 2.75) is 49.5 Å². The number of nitrogens with two attached hydrogens (primary N) is 1. The van der Waals surface area contributed by atoms with Crippen LogP contribution in [-0.4, -0.2) is 14.5 Å². The zero-order valence-electron chi connectivity index (χ0n) is 11.0. The van der Waals surface area contributed by atoms with Crippen LogP contribution in [0, 0.1) is 5.82 Å². The number of benzene rings is 1. The molecule has 20 heavy (non-hydrogen) atoms. The number of rotatable bonds is 3. The van der Waals surface area contributed by atoms with Gasteiger partial charge in [-0.25, -0.2) is 17.5 Å². The topological polar surface area (TPSA) is 72.2 Å². The van der Waals surface area contributed by atoms with E-state index in [0.29, 0.717) is 0 Å². The second kappa shape index (κ2) is 6.28. The summed E-state index contributed by atoms with van der Waals surface area (Å²) in [6, 6.07) is 1.90. The Bertz CT molecular complexity index is 584. The minimum absolute atomic E-state index is 0.0927. The van der Waals surface area contributed by atoms with Gasteiger partial charge in [-0.05, 0) is 25.0 Å². The number of anilines is 1. The molecule has 0 aromatic heterocycles. The first-order valence-corrected chi connectivity index (χ1v) is 8.53. The molecule has 0 heterocycles. The predicted molar refractivity (Wildman–Crippen MR) is 77.6 cm³/mol. The largest absolute Gasteiger partial charge is 0.396 e. The van der Waals surface area contributed by atoms with Gasteiger partial charge in [0.2, 0.25) is 10.0 Å². The molecule has 0 atom stereocenters. The summed E-state index contributed by atoms with van der Waals surface area (Å²) in [6.45, 7) is 0. The molecule has 1 aromatic carbocycles. The molecule has 0 spiro atoms. The molecule has 112 valence electrons. The highest BCUT2D eigenvalue weighted by Gasteiger charge is 2.24. The molecule has 1 aliphatic carbocycles. The molecule has 2 rings (SSSR count). The third-order valence-corrected chi connectivity index (χ3v) is 5.50. The molecule has 7 heteroatoms. The Morgan fingerprint density at radius 2 is 1.80 bits per heavy atom. The van der Waals surface area contributed by atoms with E-state index in [4.69, 9.17) is 17.3 Å². The van der Waals surface area contributed by atoms with Gasteiger partial charge in [0.25, 0.3) is 0 Å². The number of sulfonamides is 1. The molecule has 1 saturated carbocycles. The van der Waals surface area contributed by atoms with E-state index < -0.39 is 15.8 Å². The van der Waals surface area contributed by atoms with Gasteiger partial charge in [-0.2, -0.15) is 0 Å². The van der Waals surface area contributed by atoms with Gasteiger partial charge in [0.05, 0.1) is 10.7 Å². The zero-order chi connectivity index (χ0) is 14.8. The molecular weight excluding hydrogens is 303 g/mol. The van der Waals surface area contributed by atoms with E-state index in [1.807, 2.05) is 0 Å². The van der Waals surface area contributed by atoms with Crippen LogP contribution >= 0.6 is 11.6 Å². The average molecular weight is 321 g/mol. The van der Waals surface area contributed by atoms with Crippen molar-refractivity contribution < 1.29 is 12.8 Å². The standard InChI is InChI=1S/C13H18ClFN2O2S/c14-10-7-11(15)12(16)8-13(10)20(18,19)17-9-5-3-1-2-4-6-9/h7-9,17H,1-6,16H2. The summed E-state index contributed by atoms with van der Waals surface area (Å²) in [7, 11) is -3.77. The van der Waals surface area contributed by atoms with Gasteiger partial charge in [0, 0.05) is 6.04 Å². The summed E-state index contributed by atoms with van der Waals surface area (Å²) < 4.78 is 40.5. The van der Waals surface area contributed by atoms with Crippen molar-refractivity contribution in [1.29, 1.82) is 0 Å². The highest BCUT2D eigenvalue weighted by atomic mass is 35.5. The summed E-state index contributed by atoms with van der Waals surface area (Å²) in [4.78, 5) is -0.165. The summed E-state index contributed by atoms with van der Waals surface area (Å²) in [5, 5.41) is -0.155. The van der Waals surface area contributed by atoms with Gasteiger partial charge >= 0.3 is 0 Å². The molecule has 0 unspecified atom stereocenters. The molecule has 0 aliphatic heterocycles. The fraction of sp³-hybridized carbons (Fsp3) is 0.538. The Morgan fingerprint density at radius 3 is 2.40 bits per heavy atom. The van der Waals surface area contributed by atoms with Gasteiger partial charge < -0.3 is 5.73 Å². The maximum Gasteiger partial charge on any atom is 0.242 e. The fourth-order valence-corrected chi connectivity index (χ4v) is 4.29. The summed E-state index contributed by atoms with van der Waals surface area (Å²) in [5.41, 5.74) is 5.19. The van der Waals surface area contributed by atoms with Crippen LogP contribution in [0.3, 0.4) is 0 Å². The zero-order valence-corrected chi connectivity index (χ0v) is 12.6. The van der Waals surface area contributed by atoms with Crippen molar-refractivity contribution in [1.82, 2.24) is 4.72 Å². The van der Waals surface area contributed by atoms with Crippen LogP contribution in [0.25, 0.3) is 0 Å². The van der Waals surface area contributed by atoms with Gasteiger partial charge in [-0.1, -0.05) is 37.3 Å². The molecule has 1 fully saturated rings. The maximum absolute atomic E-state index is 13.2. The van der Waals surface area contributed by atoms with E-state index in [1.165, 1.54) is 0 Å². The van der Waals surface area contributed by atoms with E-state index in [1.54, 1.807) is 0 Å². The number of halogens is 2. The van der Waals surface area contributed by atoms with Gasteiger partial charge in [0.1, 0.15) is 10.7 Å². The Morgan fingerprint density at radius 1 is 1.20 bits per heavy atom. The Kier molecular flexibility index (Phi) is 4.88. The number of nitrogens with one attached hydrogen (secondary N) is 1. The minimum atomic E-state index is -3.77.